The Morgan fingerprint density at radius 3 is 1.66 bits per heavy atom. The second-order valence-electron chi connectivity index (χ2n) is 11.8. The van der Waals surface area contributed by atoms with Gasteiger partial charge in [0.1, 0.15) is 11.2 Å². The molecule has 9 rings (SSSR count). The third kappa shape index (κ3) is 4.95. The number of nitrogens with zero attached hydrogens (tertiary/aromatic N) is 2. The minimum atomic E-state index is 0.698. The molecule has 7 aromatic carbocycles. The van der Waals surface area contributed by atoms with Crippen molar-refractivity contribution in [1.82, 2.24) is 9.97 Å². The van der Waals surface area contributed by atoms with Crippen molar-refractivity contribution in [3.05, 3.63) is 170 Å². The van der Waals surface area contributed by atoms with E-state index in [1.165, 1.54) is 10.8 Å². The topological polar surface area (TPSA) is 38.9 Å². The maximum atomic E-state index is 6.46. The summed E-state index contributed by atoms with van der Waals surface area (Å²) in [5.41, 5.74) is 11.1. The van der Waals surface area contributed by atoms with Crippen molar-refractivity contribution in [2.45, 2.75) is 0 Å². The molecule has 0 atom stereocenters. The van der Waals surface area contributed by atoms with Crippen LogP contribution in [-0.4, -0.2) is 9.97 Å². The zero-order valence-electron chi connectivity index (χ0n) is 25.5. The molecule has 3 heteroatoms. The number of hydrogen-bond acceptors (Lipinski definition) is 3. The van der Waals surface area contributed by atoms with E-state index in [-0.39, 0.29) is 0 Å². The molecule has 0 radical (unpaired) electrons. The Kier molecular flexibility index (Phi) is 6.46. The molecule has 0 unspecified atom stereocenters. The van der Waals surface area contributed by atoms with Crippen molar-refractivity contribution in [2.24, 2.45) is 0 Å². The van der Waals surface area contributed by atoms with Crippen LogP contribution < -0.4 is 0 Å². The van der Waals surface area contributed by atoms with Crippen molar-refractivity contribution in [1.29, 1.82) is 0 Å². The largest absolute Gasteiger partial charge is 0.456 e. The highest BCUT2D eigenvalue weighted by atomic mass is 16.3. The van der Waals surface area contributed by atoms with Crippen molar-refractivity contribution in [3.8, 4) is 56.2 Å². The minimum absolute atomic E-state index is 0.698. The van der Waals surface area contributed by atoms with E-state index >= 15 is 0 Å². The van der Waals surface area contributed by atoms with E-state index in [0.29, 0.717) is 5.82 Å². The molecule has 0 saturated heterocycles. The van der Waals surface area contributed by atoms with Gasteiger partial charge in [0.2, 0.25) is 0 Å². The molecule has 0 spiro atoms. The Hall–Kier alpha value is -6.32. The first-order valence-electron chi connectivity index (χ1n) is 15.8. The molecule has 0 amide bonds. The standard InChI is InChI=1S/C44H28N2O/c1-4-13-29(14-5-1)34-23-35(37-21-12-22-41-43(37)38-26-32-19-10-11-20-33(32)27-42(38)47-41)25-36(24-34)40-28-39(30-15-6-2-7-16-30)45-44(46-40)31-17-8-3-9-18-31/h1-28H. The van der Waals surface area contributed by atoms with E-state index in [4.69, 9.17) is 14.4 Å². The van der Waals surface area contributed by atoms with Gasteiger partial charge in [-0.1, -0.05) is 127 Å². The van der Waals surface area contributed by atoms with E-state index in [0.717, 1.165) is 72.3 Å². The van der Waals surface area contributed by atoms with Gasteiger partial charge in [-0.3, -0.25) is 0 Å². The first-order valence-corrected chi connectivity index (χ1v) is 15.8. The first kappa shape index (κ1) is 27.0. The first-order chi connectivity index (χ1) is 23.3. The second-order valence-corrected chi connectivity index (χ2v) is 11.8. The van der Waals surface area contributed by atoms with Crippen LogP contribution in [0.15, 0.2) is 174 Å². The van der Waals surface area contributed by atoms with Gasteiger partial charge < -0.3 is 4.42 Å². The maximum absolute atomic E-state index is 6.46. The smallest absolute Gasteiger partial charge is 0.160 e. The summed E-state index contributed by atoms with van der Waals surface area (Å²) in [6.45, 7) is 0. The Morgan fingerprint density at radius 1 is 0.362 bits per heavy atom. The lowest BCUT2D eigenvalue weighted by Gasteiger charge is -2.14. The number of aromatic nitrogens is 2. The van der Waals surface area contributed by atoms with Crippen molar-refractivity contribution in [2.75, 3.05) is 0 Å². The van der Waals surface area contributed by atoms with Crippen LogP contribution in [0.1, 0.15) is 0 Å². The van der Waals surface area contributed by atoms with Gasteiger partial charge in [0.25, 0.3) is 0 Å². The van der Waals surface area contributed by atoms with Gasteiger partial charge in [-0.2, -0.15) is 0 Å². The molecule has 9 aromatic rings. The normalized spacial score (nSPS) is 11.4. The van der Waals surface area contributed by atoms with Gasteiger partial charge in [0.15, 0.2) is 5.82 Å². The molecule has 47 heavy (non-hydrogen) atoms. The van der Waals surface area contributed by atoms with Crippen LogP contribution in [0.4, 0.5) is 0 Å². The molecule has 0 bridgehead atoms. The predicted octanol–water partition coefficient (Wildman–Crippen LogP) is 11.9. The van der Waals surface area contributed by atoms with Crippen molar-refractivity contribution < 1.29 is 4.42 Å². The molecule has 0 N–H and O–H groups in total. The number of fused-ring (bicyclic) bond motifs is 4. The molecular weight excluding hydrogens is 572 g/mol. The zero-order chi connectivity index (χ0) is 31.2. The van der Waals surface area contributed by atoms with Gasteiger partial charge in [0, 0.05) is 27.5 Å². The molecule has 0 saturated carbocycles. The number of benzene rings is 7. The van der Waals surface area contributed by atoms with Crippen LogP contribution in [0.3, 0.4) is 0 Å². The number of hydrogen-bond donors (Lipinski definition) is 0. The van der Waals surface area contributed by atoms with Crippen molar-refractivity contribution >= 4 is 32.7 Å². The average Bonchev–Trinajstić information content (AvgIpc) is 3.52. The SMILES string of the molecule is c1ccc(-c2cc(-c3cc(-c4ccccc4)nc(-c4ccccc4)n3)cc(-c3cccc4oc5cc6ccccc6cc5c34)c2)cc1. The lowest BCUT2D eigenvalue weighted by atomic mass is 9.92. The number of rotatable bonds is 5. The summed E-state index contributed by atoms with van der Waals surface area (Å²) in [5, 5.41) is 4.59. The summed E-state index contributed by atoms with van der Waals surface area (Å²) in [5.74, 6) is 0.698. The molecule has 220 valence electrons. The fourth-order valence-corrected chi connectivity index (χ4v) is 6.55. The molecule has 0 aliphatic rings. The summed E-state index contributed by atoms with van der Waals surface area (Å²) in [4.78, 5) is 10.2. The van der Waals surface area contributed by atoms with Gasteiger partial charge in [-0.15, -0.1) is 0 Å². The van der Waals surface area contributed by atoms with Gasteiger partial charge in [0.05, 0.1) is 11.4 Å². The van der Waals surface area contributed by atoms with Crippen LogP contribution in [0.25, 0.3) is 88.9 Å². The van der Waals surface area contributed by atoms with Crippen LogP contribution in [0, 0.1) is 0 Å². The van der Waals surface area contributed by atoms with Crippen LogP contribution in [0.2, 0.25) is 0 Å². The van der Waals surface area contributed by atoms with Crippen LogP contribution >= 0.6 is 0 Å². The third-order valence-electron chi connectivity index (χ3n) is 8.84. The van der Waals surface area contributed by atoms with Crippen LogP contribution in [-0.2, 0) is 0 Å². The summed E-state index contributed by atoms with van der Waals surface area (Å²) in [6.07, 6.45) is 0. The highest BCUT2D eigenvalue weighted by molar-refractivity contribution is 6.15. The average molecular weight is 601 g/mol. The molecule has 2 aromatic heterocycles. The quantitative estimate of drug-likeness (QED) is 0.197. The summed E-state index contributed by atoms with van der Waals surface area (Å²) in [6, 6.07) is 59.2. The summed E-state index contributed by atoms with van der Waals surface area (Å²) in [7, 11) is 0. The molecule has 0 aliphatic heterocycles. The molecule has 2 heterocycles. The summed E-state index contributed by atoms with van der Waals surface area (Å²) >= 11 is 0. The van der Waals surface area contributed by atoms with Crippen molar-refractivity contribution in [3.63, 3.8) is 0 Å². The Morgan fingerprint density at radius 2 is 0.936 bits per heavy atom. The molecule has 0 fully saturated rings. The molecular formula is C44H28N2O. The predicted molar refractivity (Wildman–Crippen MR) is 194 cm³/mol. The fraction of sp³-hybridized carbons (Fsp3) is 0. The summed E-state index contributed by atoms with van der Waals surface area (Å²) < 4.78 is 6.46. The Bertz CT molecular complexity index is 2500. The zero-order valence-corrected chi connectivity index (χ0v) is 25.5. The maximum Gasteiger partial charge on any atom is 0.160 e. The molecule has 3 nitrogen and oxygen atoms in total. The van der Waals surface area contributed by atoms with E-state index < -0.39 is 0 Å². The van der Waals surface area contributed by atoms with Gasteiger partial charge >= 0.3 is 0 Å². The Labute approximate surface area is 272 Å². The van der Waals surface area contributed by atoms with E-state index in [1.54, 1.807) is 0 Å². The minimum Gasteiger partial charge on any atom is -0.456 e. The van der Waals surface area contributed by atoms with E-state index in [1.807, 2.05) is 36.4 Å². The Balaban J connectivity index is 1.31. The second kappa shape index (κ2) is 11.2. The van der Waals surface area contributed by atoms with Gasteiger partial charge in [-0.25, -0.2) is 9.97 Å². The lowest BCUT2D eigenvalue weighted by molar-refractivity contribution is 0.669. The van der Waals surface area contributed by atoms with Gasteiger partial charge in [-0.05, 0) is 75.5 Å². The third-order valence-corrected chi connectivity index (χ3v) is 8.84. The fourth-order valence-electron chi connectivity index (χ4n) is 6.55. The number of furan rings is 1. The van der Waals surface area contributed by atoms with E-state index in [9.17, 15) is 0 Å². The highest BCUT2D eigenvalue weighted by Crippen LogP contribution is 2.41. The molecule has 0 aliphatic carbocycles. The van der Waals surface area contributed by atoms with E-state index in [2.05, 4.69) is 133 Å². The monoisotopic (exact) mass is 600 g/mol. The highest BCUT2D eigenvalue weighted by Gasteiger charge is 2.17. The van der Waals surface area contributed by atoms with Crippen LogP contribution in [0.5, 0.6) is 0 Å². The lowest BCUT2D eigenvalue weighted by Crippen LogP contribution is -1.96.